The summed E-state index contributed by atoms with van der Waals surface area (Å²) >= 11 is 0. The average molecular weight is 168 g/mol. The van der Waals surface area contributed by atoms with Crippen molar-refractivity contribution < 1.29 is 0 Å². The second kappa shape index (κ2) is 3.76. The van der Waals surface area contributed by atoms with Crippen LogP contribution in [-0.4, -0.2) is 0 Å². The van der Waals surface area contributed by atoms with Crippen LogP contribution in [0.15, 0.2) is 24.3 Å². The van der Waals surface area contributed by atoms with Gasteiger partial charge in [0, 0.05) is 0 Å². The van der Waals surface area contributed by atoms with Gasteiger partial charge in [0.1, 0.15) is 6.07 Å². The predicted molar refractivity (Wildman–Crippen MR) is 44.9 cm³/mol. The molecule has 0 heterocycles. The minimum Gasteiger partial charge on any atom is -0.192 e. The molecule has 0 radical (unpaired) electrons. The van der Waals surface area contributed by atoms with E-state index in [0.717, 1.165) is 4.90 Å². The zero-order valence-corrected chi connectivity index (χ0v) is 6.60. The van der Waals surface area contributed by atoms with Gasteiger partial charge >= 0.3 is 0 Å². The Morgan fingerprint density at radius 3 is 2.15 bits per heavy atom. The first kappa shape index (κ1) is 8.59. The monoisotopic (exact) mass is 168 g/mol. The Morgan fingerprint density at radius 1 is 1.00 bits per heavy atom. The van der Waals surface area contributed by atoms with E-state index in [1.807, 2.05) is 6.07 Å². The van der Waals surface area contributed by atoms with E-state index in [9.17, 15) is 0 Å². The molecule has 1 rings (SSSR count). The molecule has 13 heavy (non-hydrogen) atoms. The van der Waals surface area contributed by atoms with Crippen molar-refractivity contribution in [3.63, 3.8) is 0 Å². The first-order valence-corrected chi connectivity index (χ1v) is 3.42. The first-order valence-electron chi connectivity index (χ1n) is 3.42. The van der Waals surface area contributed by atoms with Gasteiger partial charge in [-0.1, -0.05) is 12.1 Å². The summed E-state index contributed by atoms with van der Waals surface area (Å²) < 4.78 is 0. The Hall–Kier alpha value is -2.51. The number of para-hydroxylation sites is 1. The fourth-order valence-electron chi connectivity index (χ4n) is 0.893. The topological polar surface area (TPSA) is 74.6 Å². The van der Waals surface area contributed by atoms with Crippen LogP contribution >= 0.6 is 0 Å². The van der Waals surface area contributed by atoms with E-state index in [0.29, 0.717) is 11.3 Å². The summed E-state index contributed by atoms with van der Waals surface area (Å²) in [5, 5.41) is 25.7. The van der Waals surface area contributed by atoms with Gasteiger partial charge in [0.2, 0.25) is 0 Å². The zero-order chi connectivity index (χ0) is 9.68. The van der Waals surface area contributed by atoms with Gasteiger partial charge in [-0.05, 0) is 12.1 Å². The maximum atomic E-state index is 8.66. The molecule has 0 unspecified atom stereocenters. The number of benzene rings is 1. The highest BCUT2D eigenvalue weighted by Gasteiger charge is 2.08. The molecule has 0 N–H and O–H groups in total. The summed E-state index contributed by atoms with van der Waals surface area (Å²) in [5.74, 6) is 0. The fraction of sp³-hybridized carbons (Fsp3) is 0. The van der Waals surface area contributed by atoms with E-state index in [1.54, 1.807) is 36.7 Å². The highest BCUT2D eigenvalue weighted by atomic mass is 15.1. The van der Waals surface area contributed by atoms with Gasteiger partial charge in [-0.15, -0.1) is 0 Å². The maximum Gasteiger partial charge on any atom is 0.198 e. The van der Waals surface area contributed by atoms with Gasteiger partial charge in [0.15, 0.2) is 12.4 Å². The van der Waals surface area contributed by atoms with Crippen molar-refractivity contribution in [3.8, 4) is 18.5 Å². The number of rotatable bonds is 1. The van der Waals surface area contributed by atoms with Crippen molar-refractivity contribution in [3.05, 3.63) is 29.8 Å². The Bertz CT molecular complexity index is 416. The lowest BCUT2D eigenvalue weighted by Gasteiger charge is -2.05. The minimum atomic E-state index is 0.311. The molecule has 0 saturated carbocycles. The maximum absolute atomic E-state index is 8.66. The van der Waals surface area contributed by atoms with Crippen molar-refractivity contribution >= 4 is 5.69 Å². The van der Waals surface area contributed by atoms with E-state index in [-0.39, 0.29) is 0 Å². The highest BCUT2D eigenvalue weighted by Crippen LogP contribution is 2.17. The van der Waals surface area contributed by atoms with Crippen LogP contribution in [0, 0.1) is 34.2 Å². The van der Waals surface area contributed by atoms with Gasteiger partial charge < -0.3 is 0 Å². The lowest BCUT2D eigenvalue weighted by atomic mass is 10.2. The molecule has 4 heteroatoms. The fourth-order valence-corrected chi connectivity index (χ4v) is 0.893. The number of hydrogen-bond donors (Lipinski definition) is 0. The normalized spacial score (nSPS) is 7.77. The van der Waals surface area contributed by atoms with E-state index in [4.69, 9.17) is 15.8 Å². The van der Waals surface area contributed by atoms with Crippen molar-refractivity contribution in [2.75, 3.05) is 4.90 Å². The van der Waals surface area contributed by atoms with Crippen LogP contribution in [0.4, 0.5) is 5.69 Å². The molecule has 1 aromatic carbocycles. The largest absolute Gasteiger partial charge is 0.198 e. The lowest BCUT2D eigenvalue weighted by Crippen LogP contribution is -2.08. The predicted octanol–water partition coefficient (Wildman–Crippen LogP) is 1.33. The highest BCUT2D eigenvalue weighted by molar-refractivity contribution is 5.64. The van der Waals surface area contributed by atoms with Crippen LogP contribution in [-0.2, 0) is 0 Å². The molecule has 0 saturated heterocycles. The van der Waals surface area contributed by atoms with Gasteiger partial charge in [-0.25, -0.2) is 0 Å². The molecule has 0 fully saturated rings. The van der Waals surface area contributed by atoms with E-state index >= 15 is 0 Å². The van der Waals surface area contributed by atoms with Crippen LogP contribution in [0.1, 0.15) is 5.56 Å². The Morgan fingerprint density at radius 2 is 1.62 bits per heavy atom. The Balaban J connectivity index is 3.25. The molecule has 0 aliphatic carbocycles. The van der Waals surface area contributed by atoms with Gasteiger partial charge in [0.25, 0.3) is 0 Å². The first-order chi connectivity index (χ1) is 6.33. The van der Waals surface area contributed by atoms with Crippen molar-refractivity contribution in [1.29, 1.82) is 15.8 Å². The molecular formula is C9H4N4. The van der Waals surface area contributed by atoms with Gasteiger partial charge in [0.05, 0.1) is 11.3 Å². The van der Waals surface area contributed by atoms with E-state index in [1.165, 1.54) is 0 Å². The van der Waals surface area contributed by atoms with Crippen molar-refractivity contribution in [2.45, 2.75) is 0 Å². The molecule has 60 valence electrons. The molecule has 1 aromatic rings. The summed E-state index contributed by atoms with van der Waals surface area (Å²) in [6.45, 7) is 0. The SMILES string of the molecule is N#Cc1ccccc1N(C#N)C#N. The molecule has 4 nitrogen and oxygen atoms in total. The number of nitriles is 3. The van der Waals surface area contributed by atoms with Crippen molar-refractivity contribution in [1.82, 2.24) is 0 Å². The summed E-state index contributed by atoms with van der Waals surface area (Å²) in [6, 6.07) is 8.34. The number of nitrogens with zero attached hydrogens (tertiary/aromatic N) is 4. The molecule has 0 spiro atoms. The molecule has 0 amide bonds. The summed E-state index contributed by atoms with van der Waals surface area (Å²) in [7, 11) is 0. The third-order valence-electron chi connectivity index (χ3n) is 1.47. The summed E-state index contributed by atoms with van der Waals surface area (Å²) in [6.07, 6.45) is 3.33. The number of anilines is 1. The van der Waals surface area contributed by atoms with Crippen LogP contribution in [0.25, 0.3) is 0 Å². The summed E-state index contributed by atoms with van der Waals surface area (Å²) in [5.41, 5.74) is 0.626. The van der Waals surface area contributed by atoms with E-state index < -0.39 is 0 Å². The van der Waals surface area contributed by atoms with Crippen LogP contribution < -0.4 is 4.90 Å². The Labute approximate surface area is 75.5 Å². The second-order valence-corrected chi connectivity index (χ2v) is 2.16. The smallest absolute Gasteiger partial charge is 0.192 e. The molecule has 0 bridgehead atoms. The molecule has 0 atom stereocenters. The molecule has 0 aliphatic heterocycles. The van der Waals surface area contributed by atoms with Crippen LogP contribution in [0.5, 0.6) is 0 Å². The van der Waals surface area contributed by atoms with Crippen molar-refractivity contribution in [2.24, 2.45) is 0 Å². The average Bonchev–Trinajstić information content (AvgIpc) is 2.20. The molecular weight excluding hydrogens is 164 g/mol. The number of hydrogen-bond acceptors (Lipinski definition) is 4. The zero-order valence-electron chi connectivity index (χ0n) is 6.60. The van der Waals surface area contributed by atoms with E-state index in [2.05, 4.69) is 0 Å². The van der Waals surface area contributed by atoms with Gasteiger partial charge in [-0.2, -0.15) is 20.7 Å². The standard InChI is InChI=1S/C9H4N4/c10-5-8-3-1-2-4-9(8)13(6-11)7-12/h1-4H. The third-order valence-corrected chi connectivity index (χ3v) is 1.47. The second-order valence-electron chi connectivity index (χ2n) is 2.16. The Kier molecular flexibility index (Phi) is 2.48. The van der Waals surface area contributed by atoms with Gasteiger partial charge in [-0.3, -0.25) is 0 Å². The van der Waals surface area contributed by atoms with Crippen LogP contribution in [0.2, 0.25) is 0 Å². The molecule has 0 aromatic heterocycles. The third kappa shape index (κ3) is 1.56. The lowest BCUT2D eigenvalue weighted by molar-refractivity contribution is 1.25. The van der Waals surface area contributed by atoms with Crippen LogP contribution in [0.3, 0.4) is 0 Å². The summed E-state index contributed by atoms with van der Waals surface area (Å²) in [4.78, 5) is 0.790. The molecule has 0 aliphatic rings. The minimum absolute atomic E-state index is 0.311. The quantitative estimate of drug-likeness (QED) is 0.468.